The standard InChI is InChI=1S/C15H28O2/c1-8-9-11(4)13(16)12(5)14(17)15(6,7)10(2)3/h8,10-13,16H,1,9H2,2-7H3. The Morgan fingerprint density at radius 3 is 2.12 bits per heavy atom. The van der Waals surface area contributed by atoms with Gasteiger partial charge in [0.15, 0.2) is 0 Å². The quantitative estimate of drug-likeness (QED) is 0.692. The zero-order chi connectivity index (χ0) is 13.8. The molecular weight excluding hydrogens is 212 g/mol. The number of carbonyl (C=O) groups is 1. The lowest BCUT2D eigenvalue weighted by atomic mass is 9.71. The number of aliphatic hydroxyl groups is 1. The van der Waals surface area contributed by atoms with Crippen LogP contribution in [0.1, 0.15) is 48.0 Å². The predicted octanol–water partition coefficient (Wildman–Crippen LogP) is 3.45. The topological polar surface area (TPSA) is 37.3 Å². The zero-order valence-corrected chi connectivity index (χ0v) is 12.2. The summed E-state index contributed by atoms with van der Waals surface area (Å²) in [6.07, 6.45) is 1.94. The fourth-order valence-corrected chi connectivity index (χ4v) is 1.92. The maximum atomic E-state index is 12.4. The van der Waals surface area contributed by atoms with Crippen LogP contribution in [-0.4, -0.2) is 17.0 Å². The number of carbonyl (C=O) groups excluding carboxylic acids is 1. The maximum Gasteiger partial charge on any atom is 0.144 e. The minimum atomic E-state index is -0.585. The minimum absolute atomic E-state index is 0.0782. The van der Waals surface area contributed by atoms with Gasteiger partial charge in [0.1, 0.15) is 5.78 Å². The van der Waals surface area contributed by atoms with Crippen molar-refractivity contribution in [2.24, 2.45) is 23.2 Å². The van der Waals surface area contributed by atoms with Crippen LogP contribution in [0.5, 0.6) is 0 Å². The van der Waals surface area contributed by atoms with Crippen LogP contribution in [-0.2, 0) is 4.79 Å². The van der Waals surface area contributed by atoms with E-state index >= 15 is 0 Å². The monoisotopic (exact) mass is 240 g/mol. The molecule has 2 nitrogen and oxygen atoms in total. The smallest absolute Gasteiger partial charge is 0.144 e. The van der Waals surface area contributed by atoms with Gasteiger partial charge in [0.05, 0.1) is 6.10 Å². The van der Waals surface area contributed by atoms with Crippen molar-refractivity contribution >= 4 is 5.78 Å². The van der Waals surface area contributed by atoms with Crippen molar-refractivity contribution < 1.29 is 9.90 Å². The molecule has 0 aromatic heterocycles. The lowest BCUT2D eigenvalue weighted by molar-refractivity contribution is -0.137. The Morgan fingerprint density at radius 1 is 1.29 bits per heavy atom. The zero-order valence-electron chi connectivity index (χ0n) is 12.2. The SMILES string of the molecule is C=CCC(C)C(O)C(C)C(=O)C(C)(C)C(C)C. The predicted molar refractivity (Wildman–Crippen MR) is 72.8 cm³/mol. The van der Waals surface area contributed by atoms with E-state index in [9.17, 15) is 9.90 Å². The number of allylic oxidation sites excluding steroid dienone is 1. The second-order valence-electron chi connectivity index (χ2n) is 6.02. The molecule has 0 bridgehead atoms. The van der Waals surface area contributed by atoms with Gasteiger partial charge in [0, 0.05) is 11.3 Å². The molecule has 0 aliphatic heterocycles. The summed E-state index contributed by atoms with van der Waals surface area (Å²) >= 11 is 0. The molecule has 3 atom stereocenters. The van der Waals surface area contributed by atoms with E-state index in [0.717, 1.165) is 6.42 Å². The van der Waals surface area contributed by atoms with Gasteiger partial charge in [-0.05, 0) is 18.3 Å². The Bertz CT molecular complexity index is 266. The van der Waals surface area contributed by atoms with Crippen LogP contribution in [0, 0.1) is 23.2 Å². The third kappa shape index (κ3) is 3.95. The minimum Gasteiger partial charge on any atom is -0.392 e. The molecular formula is C15H28O2. The van der Waals surface area contributed by atoms with Gasteiger partial charge in [-0.25, -0.2) is 0 Å². The van der Waals surface area contributed by atoms with Crippen molar-refractivity contribution in [3.63, 3.8) is 0 Å². The number of aliphatic hydroxyl groups excluding tert-OH is 1. The Balaban J connectivity index is 4.76. The van der Waals surface area contributed by atoms with Crippen molar-refractivity contribution in [3.05, 3.63) is 12.7 Å². The summed E-state index contributed by atoms with van der Waals surface area (Å²) < 4.78 is 0. The maximum absolute atomic E-state index is 12.4. The molecule has 0 saturated heterocycles. The normalized spacial score (nSPS) is 17.6. The van der Waals surface area contributed by atoms with Crippen LogP contribution in [0.25, 0.3) is 0 Å². The van der Waals surface area contributed by atoms with E-state index < -0.39 is 6.10 Å². The molecule has 0 rings (SSSR count). The molecule has 100 valence electrons. The summed E-state index contributed by atoms with van der Waals surface area (Å²) in [5.41, 5.74) is -0.381. The van der Waals surface area contributed by atoms with Gasteiger partial charge in [-0.15, -0.1) is 6.58 Å². The Kier molecular flexibility index (Phi) is 6.11. The lowest BCUT2D eigenvalue weighted by Gasteiger charge is -2.33. The molecule has 2 heteroatoms. The van der Waals surface area contributed by atoms with E-state index in [1.807, 2.05) is 41.5 Å². The molecule has 0 aromatic carbocycles. The van der Waals surface area contributed by atoms with E-state index in [0.29, 0.717) is 0 Å². The van der Waals surface area contributed by atoms with E-state index in [-0.39, 0.29) is 29.0 Å². The molecule has 0 spiro atoms. The van der Waals surface area contributed by atoms with Crippen molar-refractivity contribution in [2.45, 2.75) is 54.1 Å². The Labute approximate surface area is 106 Å². The largest absolute Gasteiger partial charge is 0.392 e. The van der Waals surface area contributed by atoms with Gasteiger partial charge >= 0.3 is 0 Å². The van der Waals surface area contributed by atoms with Crippen molar-refractivity contribution in [2.75, 3.05) is 0 Å². The van der Waals surface area contributed by atoms with Crippen LogP contribution < -0.4 is 0 Å². The van der Waals surface area contributed by atoms with Crippen LogP contribution in [0.15, 0.2) is 12.7 Å². The third-order valence-corrected chi connectivity index (χ3v) is 4.13. The Hall–Kier alpha value is -0.630. The molecule has 0 fully saturated rings. The van der Waals surface area contributed by atoms with E-state index in [1.165, 1.54) is 0 Å². The first-order valence-electron chi connectivity index (χ1n) is 6.49. The second kappa shape index (κ2) is 6.34. The van der Waals surface area contributed by atoms with Crippen molar-refractivity contribution in [1.82, 2.24) is 0 Å². The fraction of sp³-hybridized carbons (Fsp3) is 0.800. The third-order valence-electron chi connectivity index (χ3n) is 4.13. The van der Waals surface area contributed by atoms with Crippen LogP contribution in [0.4, 0.5) is 0 Å². The molecule has 3 unspecified atom stereocenters. The molecule has 0 saturated carbocycles. The average Bonchev–Trinajstić information content (AvgIpc) is 2.25. The summed E-state index contributed by atoms with van der Waals surface area (Å²) in [6.45, 7) is 15.5. The summed E-state index contributed by atoms with van der Waals surface area (Å²) in [5, 5.41) is 10.2. The molecule has 0 heterocycles. The molecule has 0 aromatic rings. The van der Waals surface area contributed by atoms with Gasteiger partial charge in [-0.3, -0.25) is 4.79 Å². The van der Waals surface area contributed by atoms with Gasteiger partial charge in [-0.1, -0.05) is 47.6 Å². The molecule has 0 radical (unpaired) electrons. The number of hydrogen-bond acceptors (Lipinski definition) is 2. The fourth-order valence-electron chi connectivity index (χ4n) is 1.92. The molecule has 0 amide bonds. The summed E-state index contributed by atoms with van der Waals surface area (Å²) in [5.74, 6) is 0.187. The average molecular weight is 240 g/mol. The van der Waals surface area contributed by atoms with E-state index in [1.54, 1.807) is 6.08 Å². The highest BCUT2D eigenvalue weighted by atomic mass is 16.3. The number of Topliss-reactive ketones (excluding diaryl/α,β-unsaturated/α-hetero) is 1. The molecule has 17 heavy (non-hydrogen) atoms. The molecule has 0 aliphatic rings. The van der Waals surface area contributed by atoms with Crippen LogP contribution in [0.3, 0.4) is 0 Å². The van der Waals surface area contributed by atoms with Gasteiger partial charge < -0.3 is 5.11 Å². The van der Waals surface area contributed by atoms with Gasteiger partial charge in [-0.2, -0.15) is 0 Å². The van der Waals surface area contributed by atoms with E-state index in [4.69, 9.17) is 0 Å². The molecule has 1 N–H and O–H groups in total. The molecule has 0 aliphatic carbocycles. The highest BCUT2D eigenvalue weighted by Crippen LogP contribution is 2.32. The lowest BCUT2D eigenvalue weighted by Crippen LogP contribution is -2.41. The van der Waals surface area contributed by atoms with E-state index in [2.05, 4.69) is 6.58 Å². The number of hydrogen-bond donors (Lipinski definition) is 1. The van der Waals surface area contributed by atoms with Crippen LogP contribution in [0.2, 0.25) is 0 Å². The summed E-state index contributed by atoms with van der Waals surface area (Å²) in [7, 11) is 0. The first-order valence-corrected chi connectivity index (χ1v) is 6.49. The van der Waals surface area contributed by atoms with Gasteiger partial charge in [0.2, 0.25) is 0 Å². The first kappa shape index (κ1) is 16.4. The number of rotatable bonds is 7. The second-order valence-corrected chi connectivity index (χ2v) is 6.02. The van der Waals surface area contributed by atoms with Gasteiger partial charge in [0.25, 0.3) is 0 Å². The number of ketones is 1. The highest BCUT2D eigenvalue weighted by Gasteiger charge is 2.38. The highest BCUT2D eigenvalue weighted by molar-refractivity contribution is 5.86. The summed E-state index contributed by atoms with van der Waals surface area (Å²) in [6, 6.07) is 0. The van der Waals surface area contributed by atoms with Crippen molar-refractivity contribution in [3.8, 4) is 0 Å². The first-order chi connectivity index (χ1) is 7.66. The van der Waals surface area contributed by atoms with Crippen LogP contribution >= 0.6 is 0 Å². The Morgan fingerprint density at radius 2 is 1.76 bits per heavy atom. The summed E-state index contributed by atoms with van der Waals surface area (Å²) in [4.78, 5) is 12.4. The van der Waals surface area contributed by atoms with Crippen molar-refractivity contribution in [1.29, 1.82) is 0 Å².